The van der Waals surface area contributed by atoms with Gasteiger partial charge in [-0.15, -0.1) is 0 Å². The summed E-state index contributed by atoms with van der Waals surface area (Å²) in [6, 6.07) is 12.0. The summed E-state index contributed by atoms with van der Waals surface area (Å²) in [7, 11) is 1.55. The van der Waals surface area contributed by atoms with Gasteiger partial charge < -0.3 is 15.4 Å². The maximum atomic E-state index is 13.0. The molecule has 5 nitrogen and oxygen atoms in total. The summed E-state index contributed by atoms with van der Waals surface area (Å²) < 4.78 is 18.0. The molecule has 2 amide bonds. The molecule has 7 heteroatoms. The molecule has 0 heterocycles. The fraction of sp³-hybridized carbons (Fsp3) is 0.300. The number of rotatable bonds is 9. The number of hydrogen-bond acceptors (Lipinski definition) is 4. The van der Waals surface area contributed by atoms with Gasteiger partial charge in [-0.05, 0) is 60.4 Å². The monoisotopic (exact) mass is 390 g/mol. The second-order valence-electron chi connectivity index (χ2n) is 5.88. The van der Waals surface area contributed by atoms with Crippen LogP contribution in [-0.4, -0.2) is 37.0 Å². The van der Waals surface area contributed by atoms with Crippen molar-refractivity contribution in [3.05, 3.63) is 65.5 Å². The first-order valence-corrected chi connectivity index (χ1v) is 9.89. The lowest BCUT2D eigenvalue weighted by atomic mass is 10.1. The van der Waals surface area contributed by atoms with Crippen molar-refractivity contribution in [1.29, 1.82) is 0 Å². The van der Waals surface area contributed by atoms with E-state index < -0.39 is 6.04 Å². The smallest absolute Gasteiger partial charge is 0.251 e. The van der Waals surface area contributed by atoms with Gasteiger partial charge in [-0.1, -0.05) is 12.1 Å². The average molecular weight is 390 g/mol. The van der Waals surface area contributed by atoms with Crippen molar-refractivity contribution >= 4 is 23.6 Å². The fourth-order valence-electron chi connectivity index (χ4n) is 2.40. The van der Waals surface area contributed by atoms with E-state index in [-0.39, 0.29) is 24.2 Å². The molecule has 0 bridgehead atoms. The second kappa shape index (κ2) is 10.6. The van der Waals surface area contributed by atoms with E-state index in [1.807, 2.05) is 6.26 Å². The average Bonchev–Trinajstić information content (AvgIpc) is 2.70. The molecule has 0 spiro atoms. The number of hydrogen-bond donors (Lipinski definition) is 2. The lowest BCUT2D eigenvalue weighted by molar-refractivity contribution is -0.123. The normalized spacial score (nSPS) is 11.5. The molecular formula is C20H23FN2O3S. The zero-order valence-corrected chi connectivity index (χ0v) is 16.1. The Morgan fingerprint density at radius 2 is 1.78 bits per heavy atom. The Bertz CT molecular complexity index is 751. The summed E-state index contributed by atoms with van der Waals surface area (Å²) in [5.74, 6) is 0.477. The largest absolute Gasteiger partial charge is 0.497 e. The number of halogens is 1. The van der Waals surface area contributed by atoms with Crippen molar-refractivity contribution in [2.75, 3.05) is 19.1 Å². The predicted molar refractivity (Wildman–Crippen MR) is 105 cm³/mol. The first kappa shape index (κ1) is 20.8. The van der Waals surface area contributed by atoms with Crippen LogP contribution in [0.4, 0.5) is 4.39 Å². The SMILES string of the molecule is COc1ccc(C(=O)NC(CCSC)C(=O)NCc2ccc(F)cc2)cc1. The minimum absolute atomic E-state index is 0.268. The van der Waals surface area contributed by atoms with E-state index in [4.69, 9.17) is 4.74 Å². The van der Waals surface area contributed by atoms with Gasteiger partial charge in [-0.25, -0.2) is 4.39 Å². The van der Waals surface area contributed by atoms with Gasteiger partial charge in [0.2, 0.25) is 5.91 Å². The molecule has 1 atom stereocenters. The van der Waals surface area contributed by atoms with Crippen molar-refractivity contribution < 1.29 is 18.7 Å². The number of carbonyl (C=O) groups excluding carboxylic acids is 2. The molecule has 0 aromatic heterocycles. The van der Waals surface area contributed by atoms with Crippen molar-refractivity contribution in [3.8, 4) is 5.75 Å². The van der Waals surface area contributed by atoms with Crippen molar-refractivity contribution in [3.63, 3.8) is 0 Å². The zero-order chi connectivity index (χ0) is 19.6. The molecule has 0 saturated heterocycles. The molecule has 0 fully saturated rings. The van der Waals surface area contributed by atoms with Gasteiger partial charge >= 0.3 is 0 Å². The molecule has 0 aliphatic heterocycles. The van der Waals surface area contributed by atoms with Gasteiger partial charge in [0, 0.05) is 12.1 Å². The van der Waals surface area contributed by atoms with Crippen LogP contribution in [0.2, 0.25) is 0 Å². The highest BCUT2D eigenvalue weighted by atomic mass is 32.2. The molecule has 0 aliphatic rings. The Hall–Kier alpha value is -2.54. The summed E-state index contributed by atoms with van der Waals surface area (Å²) in [6.45, 7) is 0.271. The Morgan fingerprint density at radius 1 is 1.11 bits per heavy atom. The molecule has 1 unspecified atom stereocenters. The lowest BCUT2D eigenvalue weighted by Gasteiger charge is -2.18. The van der Waals surface area contributed by atoms with Crippen molar-refractivity contribution in [2.45, 2.75) is 19.0 Å². The summed E-state index contributed by atoms with van der Waals surface area (Å²) in [6.07, 6.45) is 2.46. The molecule has 0 saturated carbocycles. The maximum absolute atomic E-state index is 13.0. The highest BCUT2D eigenvalue weighted by Gasteiger charge is 2.21. The minimum Gasteiger partial charge on any atom is -0.497 e. The van der Waals surface area contributed by atoms with Crippen molar-refractivity contribution in [1.82, 2.24) is 10.6 Å². The second-order valence-corrected chi connectivity index (χ2v) is 6.87. The van der Waals surface area contributed by atoms with Crippen LogP contribution < -0.4 is 15.4 Å². The predicted octanol–water partition coefficient (Wildman–Crippen LogP) is 3.00. The van der Waals surface area contributed by atoms with Crippen LogP contribution in [0.1, 0.15) is 22.3 Å². The highest BCUT2D eigenvalue weighted by molar-refractivity contribution is 7.98. The third-order valence-electron chi connectivity index (χ3n) is 3.96. The van der Waals surface area contributed by atoms with Crippen LogP contribution in [0.3, 0.4) is 0 Å². The molecule has 2 aromatic carbocycles. The summed E-state index contributed by atoms with van der Waals surface area (Å²) in [5, 5.41) is 5.58. The molecule has 0 radical (unpaired) electrons. The standard InChI is InChI=1S/C20H23FN2O3S/c1-26-17-9-5-15(6-10-17)19(24)23-18(11-12-27-2)20(25)22-13-14-3-7-16(21)8-4-14/h3-10,18H,11-13H2,1-2H3,(H,22,25)(H,23,24). The number of thioether (sulfide) groups is 1. The van der Waals surface area contributed by atoms with Crippen LogP contribution in [0.15, 0.2) is 48.5 Å². The van der Waals surface area contributed by atoms with Crippen LogP contribution in [-0.2, 0) is 11.3 Å². The van der Waals surface area contributed by atoms with Gasteiger partial charge in [0.05, 0.1) is 7.11 Å². The molecule has 2 rings (SSSR count). The molecule has 2 N–H and O–H groups in total. The first-order valence-electron chi connectivity index (χ1n) is 8.49. The van der Waals surface area contributed by atoms with Crippen LogP contribution in [0.25, 0.3) is 0 Å². The van der Waals surface area contributed by atoms with Gasteiger partial charge in [0.15, 0.2) is 0 Å². The van der Waals surface area contributed by atoms with Gasteiger partial charge in [-0.2, -0.15) is 11.8 Å². The summed E-state index contributed by atoms with van der Waals surface area (Å²) in [4.78, 5) is 25.0. The number of ether oxygens (including phenoxy) is 1. The zero-order valence-electron chi connectivity index (χ0n) is 15.3. The Labute approximate surface area is 162 Å². The maximum Gasteiger partial charge on any atom is 0.251 e. The number of nitrogens with one attached hydrogen (secondary N) is 2. The number of benzene rings is 2. The van der Waals surface area contributed by atoms with E-state index in [0.29, 0.717) is 17.7 Å². The molecular weight excluding hydrogens is 367 g/mol. The third-order valence-corrected chi connectivity index (χ3v) is 4.61. The minimum atomic E-state index is -0.646. The highest BCUT2D eigenvalue weighted by Crippen LogP contribution is 2.12. The van der Waals surface area contributed by atoms with Crippen LogP contribution in [0, 0.1) is 5.82 Å². The van der Waals surface area contributed by atoms with E-state index >= 15 is 0 Å². The van der Waals surface area contributed by atoms with Crippen LogP contribution >= 0.6 is 11.8 Å². The molecule has 144 valence electrons. The van der Waals surface area contributed by atoms with Gasteiger partial charge in [0.1, 0.15) is 17.6 Å². The van der Waals surface area contributed by atoms with E-state index in [1.165, 1.54) is 12.1 Å². The topological polar surface area (TPSA) is 67.4 Å². The molecule has 0 aliphatic carbocycles. The fourth-order valence-corrected chi connectivity index (χ4v) is 2.87. The van der Waals surface area contributed by atoms with E-state index in [9.17, 15) is 14.0 Å². The van der Waals surface area contributed by atoms with E-state index in [1.54, 1.807) is 55.3 Å². The Morgan fingerprint density at radius 3 is 2.37 bits per heavy atom. The molecule has 2 aromatic rings. The summed E-state index contributed by atoms with van der Waals surface area (Å²) >= 11 is 1.60. The molecule has 27 heavy (non-hydrogen) atoms. The van der Waals surface area contributed by atoms with Gasteiger partial charge in [0.25, 0.3) is 5.91 Å². The van der Waals surface area contributed by atoms with Crippen LogP contribution in [0.5, 0.6) is 5.75 Å². The number of methoxy groups -OCH3 is 1. The lowest BCUT2D eigenvalue weighted by Crippen LogP contribution is -2.46. The Kier molecular flexibility index (Phi) is 8.13. The summed E-state index contributed by atoms with van der Waals surface area (Å²) in [5.41, 5.74) is 1.24. The third kappa shape index (κ3) is 6.60. The Balaban J connectivity index is 1.98. The van der Waals surface area contributed by atoms with Crippen molar-refractivity contribution in [2.24, 2.45) is 0 Å². The van der Waals surface area contributed by atoms with Gasteiger partial charge in [-0.3, -0.25) is 9.59 Å². The number of carbonyl (C=O) groups is 2. The number of amides is 2. The quantitative estimate of drug-likeness (QED) is 0.691. The van der Waals surface area contributed by atoms with E-state index in [0.717, 1.165) is 11.3 Å². The first-order chi connectivity index (χ1) is 13.0. The van der Waals surface area contributed by atoms with E-state index in [2.05, 4.69) is 10.6 Å².